The molecular formula is C15H10Cl2FN3O5. The van der Waals surface area contributed by atoms with Crippen LogP contribution in [0.2, 0.25) is 10.2 Å². The van der Waals surface area contributed by atoms with E-state index in [1.54, 1.807) is 0 Å². The summed E-state index contributed by atoms with van der Waals surface area (Å²) < 4.78 is 18.3. The zero-order chi connectivity index (χ0) is 19.4. The summed E-state index contributed by atoms with van der Waals surface area (Å²) >= 11 is 11.4. The lowest BCUT2D eigenvalue weighted by molar-refractivity contribution is -0.387. The van der Waals surface area contributed by atoms with E-state index in [0.717, 1.165) is 24.4 Å². The molecule has 1 aromatic heterocycles. The van der Waals surface area contributed by atoms with E-state index in [0.29, 0.717) is 0 Å². The fourth-order valence-electron chi connectivity index (χ4n) is 1.79. The van der Waals surface area contributed by atoms with Crippen molar-refractivity contribution in [2.45, 2.75) is 13.0 Å². The summed E-state index contributed by atoms with van der Waals surface area (Å²) in [5.41, 5.74) is -0.840. The number of halogens is 3. The number of pyridine rings is 1. The van der Waals surface area contributed by atoms with Crippen molar-refractivity contribution in [3.8, 4) is 0 Å². The first-order valence-electron chi connectivity index (χ1n) is 6.96. The minimum atomic E-state index is -1.25. The van der Waals surface area contributed by atoms with Crippen LogP contribution in [0.15, 0.2) is 30.5 Å². The monoisotopic (exact) mass is 401 g/mol. The van der Waals surface area contributed by atoms with Crippen molar-refractivity contribution in [3.05, 3.63) is 62.1 Å². The zero-order valence-electron chi connectivity index (χ0n) is 13.0. The Morgan fingerprint density at radius 2 is 2.04 bits per heavy atom. The summed E-state index contributed by atoms with van der Waals surface area (Å²) in [5, 5.41) is 13.0. The van der Waals surface area contributed by atoms with Gasteiger partial charge in [0.15, 0.2) is 6.10 Å². The molecule has 1 atom stereocenters. The number of nitrogens with zero attached hydrogens (tertiary/aromatic N) is 2. The van der Waals surface area contributed by atoms with Gasteiger partial charge in [-0.1, -0.05) is 23.2 Å². The van der Waals surface area contributed by atoms with Crippen molar-refractivity contribution >= 4 is 46.5 Å². The number of carbonyl (C=O) groups excluding carboxylic acids is 2. The van der Waals surface area contributed by atoms with Gasteiger partial charge in [0.2, 0.25) is 5.82 Å². The number of ether oxygens (including phenoxy) is 1. The highest BCUT2D eigenvalue weighted by Crippen LogP contribution is 2.22. The van der Waals surface area contributed by atoms with Crippen molar-refractivity contribution in [1.82, 2.24) is 4.98 Å². The fraction of sp³-hybridized carbons (Fsp3) is 0.133. The lowest BCUT2D eigenvalue weighted by atomic mass is 10.2. The number of aromatic nitrogens is 1. The van der Waals surface area contributed by atoms with Crippen LogP contribution in [0.3, 0.4) is 0 Å². The Hall–Kier alpha value is -2.78. The minimum absolute atomic E-state index is 0.00640. The summed E-state index contributed by atoms with van der Waals surface area (Å²) in [6, 6.07) is 4.06. The predicted octanol–water partition coefficient (Wildman–Crippen LogP) is 3.62. The molecule has 2 aromatic rings. The predicted molar refractivity (Wildman–Crippen MR) is 90.8 cm³/mol. The summed E-state index contributed by atoms with van der Waals surface area (Å²) in [6.07, 6.45) is -0.120. The maximum absolute atomic E-state index is 13.3. The van der Waals surface area contributed by atoms with Gasteiger partial charge in [-0.05, 0) is 25.1 Å². The molecule has 1 aromatic carbocycles. The van der Waals surface area contributed by atoms with Gasteiger partial charge in [0.05, 0.1) is 15.5 Å². The minimum Gasteiger partial charge on any atom is -0.449 e. The molecule has 0 bridgehead atoms. The van der Waals surface area contributed by atoms with Gasteiger partial charge in [0, 0.05) is 18.0 Å². The van der Waals surface area contributed by atoms with E-state index < -0.39 is 34.4 Å². The number of nitro groups is 1. The van der Waals surface area contributed by atoms with Crippen LogP contribution in [0.5, 0.6) is 0 Å². The fourth-order valence-corrected chi connectivity index (χ4v) is 2.06. The topological polar surface area (TPSA) is 111 Å². The number of nitro benzene ring substituents is 1. The van der Waals surface area contributed by atoms with Gasteiger partial charge < -0.3 is 10.1 Å². The van der Waals surface area contributed by atoms with E-state index in [2.05, 4.69) is 10.3 Å². The number of anilines is 1. The highest BCUT2D eigenvalue weighted by molar-refractivity contribution is 6.41. The Bertz CT molecular complexity index is 894. The van der Waals surface area contributed by atoms with Crippen LogP contribution in [-0.4, -0.2) is 27.9 Å². The summed E-state index contributed by atoms with van der Waals surface area (Å²) in [5.74, 6) is -2.68. The summed E-state index contributed by atoms with van der Waals surface area (Å²) in [6.45, 7) is 1.29. The Morgan fingerprint density at radius 1 is 1.35 bits per heavy atom. The van der Waals surface area contributed by atoms with Crippen LogP contribution in [0, 0.1) is 15.9 Å². The number of benzene rings is 1. The molecule has 0 fully saturated rings. The van der Waals surface area contributed by atoms with Crippen LogP contribution in [-0.2, 0) is 9.53 Å². The molecule has 11 heteroatoms. The molecule has 0 saturated carbocycles. The van der Waals surface area contributed by atoms with Crippen molar-refractivity contribution in [1.29, 1.82) is 0 Å². The highest BCUT2D eigenvalue weighted by atomic mass is 35.5. The van der Waals surface area contributed by atoms with Gasteiger partial charge in [-0.15, -0.1) is 0 Å². The molecule has 1 heterocycles. The third-order valence-corrected chi connectivity index (χ3v) is 3.78. The van der Waals surface area contributed by atoms with E-state index in [9.17, 15) is 24.1 Å². The SMILES string of the molecule is C[C@@H](OC(=O)c1cnc(Cl)c(Cl)c1)C(=O)Nc1ccc(F)c([N+](=O)[O-])c1. The normalized spacial score (nSPS) is 11.5. The molecule has 0 unspecified atom stereocenters. The number of nitrogens with one attached hydrogen (secondary N) is 1. The number of carbonyl (C=O) groups is 2. The van der Waals surface area contributed by atoms with Crippen molar-refractivity contribution in [2.24, 2.45) is 0 Å². The smallest absolute Gasteiger partial charge is 0.340 e. The molecule has 1 N–H and O–H groups in total. The Kier molecular flexibility index (Phi) is 6.06. The largest absolute Gasteiger partial charge is 0.449 e. The Labute approximate surface area is 156 Å². The van der Waals surface area contributed by atoms with Gasteiger partial charge >= 0.3 is 11.7 Å². The highest BCUT2D eigenvalue weighted by Gasteiger charge is 2.21. The number of hydrogen-bond acceptors (Lipinski definition) is 6. The van der Waals surface area contributed by atoms with E-state index >= 15 is 0 Å². The summed E-state index contributed by atoms with van der Waals surface area (Å²) in [7, 11) is 0. The van der Waals surface area contributed by atoms with Crippen molar-refractivity contribution < 1.29 is 23.6 Å². The van der Waals surface area contributed by atoms with Crippen LogP contribution in [0.1, 0.15) is 17.3 Å². The van der Waals surface area contributed by atoms with Gasteiger partial charge in [0.25, 0.3) is 5.91 Å². The zero-order valence-corrected chi connectivity index (χ0v) is 14.5. The van der Waals surface area contributed by atoms with Gasteiger partial charge in [-0.2, -0.15) is 4.39 Å². The van der Waals surface area contributed by atoms with E-state index in [1.165, 1.54) is 13.0 Å². The van der Waals surface area contributed by atoms with E-state index in [4.69, 9.17) is 27.9 Å². The molecule has 1 amide bonds. The Morgan fingerprint density at radius 3 is 2.65 bits per heavy atom. The third kappa shape index (κ3) is 4.64. The molecule has 0 radical (unpaired) electrons. The van der Waals surface area contributed by atoms with Gasteiger partial charge in [-0.25, -0.2) is 9.78 Å². The first-order chi connectivity index (χ1) is 12.2. The van der Waals surface area contributed by atoms with Crippen LogP contribution in [0.4, 0.5) is 15.8 Å². The number of esters is 1. The summed E-state index contributed by atoms with van der Waals surface area (Å²) in [4.78, 5) is 37.5. The first kappa shape index (κ1) is 19.5. The third-order valence-electron chi connectivity index (χ3n) is 3.10. The number of hydrogen-bond donors (Lipinski definition) is 1. The second-order valence-corrected chi connectivity index (χ2v) is 5.72. The molecule has 2 rings (SSSR count). The van der Waals surface area contributed by atoms with Crippen molar-refractivity contribution in [2.75, 3.05) is 5.32 Å². The molecule has 136 valence electrons. The lowest BCUT2D eigenvalue weighted by Crippen LogP contribution is -2.30. The molecule has 0 spiro atoms. The Balaban J connectivity index is 2.05. The van der Waals surface area contributed by atoms with E-state index in [-0.39, 0.29) is 21.4 Å². The quantitative estimate of drug-likeness (QED) is 0.354. The van der Waals surface area contributed by atoms with Crippen molar-refractivity contribution in [3.63, 3.8) is 0 Å². The molecule has 0 aliphatic heterocycles. The molecule has 0 aliphatic rings. The van der Waals surface area contributed by atoms with E-state index in [1.807, 2.05) is 0 Å². The molecule has 0 aliphatic carbocycles. The maximum Gasteiger partial charge on any atom is 0.340 e. The molecule has 0 saturated heterocycles. The molecular weight excluding hydrogens is 392 g/mol. The lowest BCUT2D eigenvalue weighted by Gasteiger charge is -2.13. The van der Waals surface area contributed by atoms with Gasteiger partial charge in [0.1, 0.15) is 5.15 Å². The number of rotatable bonds is 5. The second kappa shape index (κ2) is 8.07. The average molecular weight is 402 g/mol. The first-order valence-corrected chi connectivity index (χ1v) is 7.71. The standard InChI is InChI=1S/C15H10Cl2FN3O5/c1-7(26-15(23)8-4-10(16)13(17)19-6-8)14(22)20-9-2-3-11(18)12(5-9)21(24)25/h2-7H,1H3,(H,20,22)/t7-/m1/s1. The van der Waals surface area contributed by atoms with Crippen LogP contribution >= 0.6 is 23.2 Å². The van der Waals surface area contributed by atoms with Crippen LogP contribution < -0.4 is 5.32 Å². The second-order valence-electron chi connectivity index (χ2n) is 4.96. The van der Waals surface area contributed by atoms with Crippen LogP contribution in [0.25, 0.3) is 0 Å². The molecule has 26 heavy (non-hydrogen) atoms. The van der Waals surface area contributed by atoms with Gasteiger partial charge in [-0.3, -0.25) is 14.9 Å². The average Bonchev–Trinajstić information content (AvgIpc) is 2.58. The number of amides is 1. The molecule has 8 nitrogen and oxygen atoms in total. The maximum atomic E-state index is 13.3.